The summed E-state index contributed by atoms with van der Waals surface area (Å²) >= 11 is 0. The molecule has 1 atom stereocenters. The van der Waals surface area contributed by atoms with Gasteiger partial charge in [0.25, 0.3) is 0 Å². The van der Waals surface area contributed by atoms with E-state index in [9.17, 15) is 9.59 Å². The Labute approximate surface area is 235 Å². The molecule has 0 bridgehead atoms. The van der Waals surface area contributed by atoms with E-state index in [2.05, 4.69) is 17.6 Å². The molecule has 1 rings (SSSR count). The Morgan fingerprint density at radius 1 is 0.842 bits per heavy atom. The molecule has 224 valence electrons. The van der Waals surface area contributed by atoms with Gasteiger partial charge in [-0.2, -0.15) is 0 Å². The number of piperidine rings is 1. The molecule has 0 radical (unpaired) electrons. The highest BCUT2D eigenvalue weighted by atomic mass is 16.7. The van der Waals surface area contributed by atoms with Crippen LogP contribution in [-0.2, 0) is 9.63 Å². The highest BCUT2D eigenvalue weighted by molar-refractivity contribution is 5.74. The van der Waals surface area contributed by atoms with Gasteiger partial charge in [0, 0.05) is 25.7 Å². The van der Waals surface area contributed by atoms with Crippen molar-refractivity contribution in [2.75, 3.05) is 39.8 Å². The number of unbranched alkanes of at least 4 members (excludes halogenated alkanes) is 15. The summed E-state index contributed by atoms with van der Waals surface area (Å²) in [6.07, 6.45) is 27.4. The second-order valence-electron chi connectivity index (χ2n) is 11.2. The maximum atomic E-state index is 12.8. The number of hydrogen-bond acceptors (Lipinski definition) is 4. The van der Waals surface area contributed by atoms with Gasteiger partial charge in [0.05, 0.1) is 6.61 Å². The topological polar surface area (TPSA) is 73.9 Å². The first kappa shape index (κ1) is 34.7. The number of likely N-dealkylation sites (tertiary alicyclic amines) is 1. The van der Waals surface area contributed by atoms with E-state index in [-0.39, 0.29) is 12.1 Å². The summed E-state index contributed by atoms with van der Waals surface area (Å²) in [5, 5.41) is 7.60. The summed E-state index contributed by atoms with van der Waals surface area (Å²) in [5.41, 5.74) is 0. The number of hydroxylamine groups is 2. The third kappa shape index (κ3) is 18.8. The molecule has 1 heterocycles. The Balaban J connectivity index is 2.00. The van der Waals surface area contributed by atoms with E-state index in [1.165, 1.54) is 101 Å². The highest BCUT2D eigenvalue weighted by Gasteiger charge is 2.26. The third-order valence-corrected chi connectivity index (χ3v) is 7.83. The standard InChI is InChI=1S/C31H62N4O3/c1-3-4-5-6-7-8-9-10-11-12-13-14-15-16-17-19-25-33-31(37)35-27-20-18-22-30(35)23-28-38-34(29-36)26-21-24-32-2/h29-30,32H,3-28H2,1-2H3,(H,33,37). The largest absolute Gasteiger partial charge is 0.338 e. The van der Waals surface area contributed by atoms with Gasteiger partial charge < -0.3 is 15.5 Å². The lowest BCUT2D eigenvalue weighted by molar-refractivity contribution is -0.173. The zero-order valence-corrected chi connectivity index (χ0v) is 25.2. The molecule has 2 N–H and O–H groups in total. The zero-order valence-electron chi connectivity index (χ0n) is 25.2. The van der Waals surface area contributed by atoms with Crippen LogP contribution >= 0.6 is 0 Å². The molecular weight excluding hydrogens is 476 g/mol. The minimum atomic E-state index is 0.0666. The summed E-state index contributed by atoms with van der Waals surface area (Å²) in [7, 11) is 1.90. The summed E-state index contributed by atoms with van der Waals surface area (Å²) in [5.74, 6) is 0. The molecule has 1 saturated heterocycles. The second-order valence-corrected chi connectivity index (χ2v) is 11.2. The summed E-state index contributed by atoms with van der Waals surface area (Å²) < 4.78 is 0. The van der Waals surface area contributed by atoms with Gasteiger partial charge in [-0.15, -0.1) is 0 Å². The van der Waals surface area contributed by atoms with Crippen molar-refractivity contribution in [2.24, 2.45) is 0 Å². The van der Waals surface area contributed by atoms with Gasteiger partial charge in [0.1, 0.15) is 0 Å². The van der Waals surface area contributed by atoms with Gasteiger partial charge in [-0.1, -0.05) is 103 Å². The molecular formula is C31H62N4O3. The summed E-state index contributed by atoms with van der Waals surface area (Å²) in [6, 6.07) is 0.261. The number of amides is 3. The number of carbonyl (C=O) groups excluding carboxylic acids is 2. The molecule has 1 fully saturated rings. The van der Waals surface area contributed by atoms with Crippen molar-refractivity contribution < 1.29 is 14.4 Å². The SMILES string of the molecule is CCCCCCCCCCCCCCCCCCNC(=O)N1CCCCC1CCON(C=O)CCCNC. The molecule has 1 aliphatic heterocycles. The molecule has 0 spiro atoms. The molecule has 1 aliphatic rings. The van der Waals surface area contributed by atoms with E-state index < -0.39 is 0 Å². The minimum Gasteiger partial charge on any atom is -0.338 e. The zero-order chi connectivity index (χ0) is 27.5. The van der Waals surface area contributed by atoms with Gasteiger partial charge in [-0.25, -0.2) is 9.86 Å². The van der Waals surface area contributed by atoms with Gasteiger partial charge in [-0.3, -0.25) is 9.63 Å². The van der Waals surface area contributed by atoms with E-state index in [0.717, 1.165) is 64.6 Å². The molecule has 7 nitrogen and oxygen atoms in total. The van der Waals surface area contributed by atoms with E-state index in [0.29, 0.717) is 13.2 Å². The smallest absolute Gasteiger partial charge is 0.317 e. The van der Waals surface area contributed by atoms with Crippen molar-refractivity contribution >= 4 is 12.4 Å². The maximum absolute atomic E-state index is 12.8. The quantitative estimate of drug-likeness (QED) is 0.0694. The van der Waals surface area contributed by atoms with Crippen molar-refractivity contribution in [1.82, 2.24) is 20.6 Å². The molecule has 1 unspecified atom stereocenters. The van der Waals surface area contributed by atoms with Gasteiger partial charge in [-0.05, 0) is 52.1 Å². The van der Waals surface area contributed by atoms with Crippen LogP contribution in [0.1, 0.15) is 142 Å². The number of carbonyl (C=O) groups is 2. The lowest BCUT2D eigenvalue weighted by Crippen LogP contribution is -2.49. The lowest BCUT2D eigenvalue weighted by atomic mass is 10.00. The molecule has 0 aromatic heterocycles. The van der Waals surface area contributed by atoms with Crippen LogP contribution in [0, 0.1) is 0 Å². The Morgan fingerprint density at radius 3 is 1.97 bits per heavy atom. The van der Waals surface area contributed by atoms with Crippen LogP contribution in [0.15, 0.2) is 0 Å². The lowest BCUT2D eigenvalue weighted by Gasteiger charge is -2.36. The van der Waals surface area contributed by atoms with Gasteiger partial charge >= 0.3 is 6.03 Å². The van der Waals surface area contributed by atoms with Crippen LogP contribution < -0.4 is 10.6 Å². The molecule has 7 heteroatoms. The monoisotopic (exact) mass is 538 g/mol. The third-order valence-electron chi connectivity index (χ3n) is 7.83. The number of nitrogens with one attached hydrogen (secondary N) is 2. The predicted octanol–water partition coefficient (Wildman–Crippen LogP) is 7.20. The number of hydrogen-bond donors (Lipinski definition) is 2. The molecule has 0 aromatic carbocycles. The van der Waals surface area contributed by atoms with Crippen LogP contribution in [0.3, 0.4) is 0 Å². The van der Waals surface area contributed by atoms with Crippen molar-refractivity contribution in [2.45, 2.75) is 148 Å². The number of rotatable bonds is 26. The average Bonchev–Trinajstić information content (AvgIpc) is 2.94. The van der Waals surface area contributed by atoms with Crippen LogP contribution in [0.5, 0.6) is 0 Å². The Morgan fingerprint density at radius 2 is 1.42 bits per heavy atom. The minimum absolute atomic E-state index is 0.0666. The van der Waals surface area contributed by atoms with E-state index in [4.69, 9.17) is 4.84 Å². The van der Waals surface area contributed by atoms with Crippen LogP contribution in [0.4, 0.5) is 4.79 Å². The molecule has 0 aromatic rings. The predicted molar refractivity (Wildman–Crippen MR) is 159 cm³/mol. The number of nitrogens with zero attached hydrogens (tertiary/aromatic N) is 2. The van der Waals surface area contributed by atoms with Crippen molar-refractivity contribution in [3.05, 3.63) is 0 Å². The van der Waals surface area contributed by atoms with Crippen molar-refractivity contribution in [3.8, 4) is 0 Å². The normalized spacial score (nSPS) is 15.5. The highest BCUT2D eigenvalue weighted by Crippen LogP contribution is 2.20. The first-order valence-electron chi connectivity index (χ1n) is 16.3. The Hall–Kier alpha value is -1.34. The molecule has 3 amide bonds. The molecule has 38 heavy (non-hydrogen) atoms. The second kappa shape index (κ2) is 25.9. The molecule has 0 saturated carbocycles. The van der Waals surface area contributed by atoms with E-state index >= 15 is 0 Å². The van der Waals surface area contributed by atoms with E-state index in [1.807, 2.05) is 11.9 Å². The average molecular weight is 539 g/mol. The molecule has 0 aliphatic carbocycles. The van der Waals surface area contributed by atoms with Gasteiger partial charge in [0.2, 0.25) is 6.41 Å². The maximum Gasteiger partial charge on any atom is 0.317 e. The number of urea groups is 1. The van der Waals surface area contributed by atoms with Crippen LogP contribution in [0.2, 0.25) is 0 Å². The van der Waals surface area contributed by atoms with Crippen LogP contribution in [0.25, 0.3) is 0 Å². The van der Waals surface area contributed by atoms with Crippen molar-refractivity contribution in [1.29, 1.82) is 0 Å². The Kier molecular flexibility index (Phi) is 23.7. The van der Waals surface area contributed by atoms with Crippen LogP contribution in [-0.4, -0.2) is 68.3 Å². The summed E-state index contributed by atoms with van der Waals surface area (Å²) in [4.78, 5) is 31.6. The van der Waals surface area contributed by atoms with Crippen molar-refractivity contribution in [3.63, 3.8) is 0 Å². The first-order chi connectivity index (χ1) is 18.7. The fourth-order valence-electron chi connectivity index (χ4n) is 5.40. The first-order valence-corrected chi connectivity index (χ1v) is 16.3. The summed E-state index contributed by atoms with van der Waals surface area (Å²) in [6.45, 7) is 5.76. The fourth-order valence-corrected chi connectivity index (χ4v) is 5.40. The Bertz CT molecular complexity index is 549. The van der Waals surface area contributed by atoms with Gasteiger partial charge in [0.15, 0.2) is 0 Å². The van der Waals surface area contributed by atoms with E-state index in [1.54, 1.807) is 0 Å². The fraction of sp³-hybridized carbons (Fsp3) is 0.935.